The van der Waals surface area contributed by atoms with Gasteiger partial charge in [0, 0.05) is 16.9 Å². The van der Waals surface area contributed by atoms with Crippen LogP contribution < -0.4 is 0 Å². The monoisotopic (exact) mass is 196 g/mol. The third kappa shape index (κ3) is 3.53. The molecule has 0 amide bonds. The molecule has 0 aliphatic rings. The Balaban J connectivity index is 2.59. The standard InChI is InChI=1S/C10H12O2S/c11-8-4-5-9-13(12)10-6-2-1-3-7-10/h1-3,5-7,9,11H,4,8H2/b9-5+. The van der Waals surface area contributed by atoms with Crippen LogP contribution in [0.25, 0.3) is 0 Å². The molecule has 0 saturated heterocycles. The molecular weight excluding hydrogens is 184 g/mol. The Kier molecular flexibility index (Phi) is 4.43. The summed E-state index contributed by atoms with van der Waals surface area (Å²) in [4.78, 5) is 0.789. The molecule has 0 radical (unpaired) electrons. The van der Waals surface area contributed by atoms with Gasteiger partial charge in [-0.2, -0.15) is 0 Å². The summed E-state index contributed by atoms with van der Waals surface area (Å²) < 4.78 is 11.5. The Morgan fingerprint density at radius 1 is 1.31 bits per heavy atom. The molecule has 0 bridgehead atoms. The molecule has 13 heavy (non-hydrogen) atoms. The highest BCUT2D eigenvalue weighted by Crippen LogP contribution is 2.06. The van der Waals surface area contributed by atoms with Gasteiger partial charge >= 0.3 is 0 Å². The minimum absolute atomic E-state index is 0.0997. The third-order valence-corrected chi connectivity index (χ3v) is 2.67. The van der Waals surface area contributed by atoms with Crippen molar-refractivity contribution in [2.45, 2.75) is 11.3 Å². The predicted octanol–water partition coefficient (Wildman–Crippen LogP) is 1.69. The summed E-state index contributed by atoms with van der Waals surface area (Å²) in [5.41, 5.74) is 0. The largest absolute Gasteiger partial charge is 0.396 e. The first-order valence-electron chi connectivity index (χ1n) is 4.07. The maximum atomic E-state index is 11.5. The molecule has 1 rings (SSSR count). The van der Waals surface area contributed by atoms with E-state index in [4.69, 9.17) is 5.11 Å². The zero-order valence-corrected chi connectivity index (χ0v) is 8.04. The van der Waals surface area contributed by atoms with Gasteiger partial charge in [0.1, 0.15) is 0 Å². The summed E-state index contributed by atoms with van der Waals surface area (Å²) in [5.74, 6) is 0. The van der Waals surface area contributed by atoms with E-state index >= 15 is 0 Å². The first-order chi connectivity index (χ1) is 6.34. The molecule has 1 atom stereocenters. The molecule has 0 fully saturated rings. The molecule has 0 aliphatic heterocycles. The fourth-order valence-corrected chi connectivity index (χ4v) is 1.76. The van der Waals surface area contributed by atoms with E-state index in [0.717, 1.165) is 4.90 Å². The minimum Gasteiger partial charge on any atom is -0.396 e. The quantitative estimate of drug-likeness (QED) is 0.795. The zero-order chi connectivity index (χ0) is 9.52. The average molecular weight is 196 g/mol. The fourth-order valence-electron chi connectivity index (χ4n) is 0.863. The lowest BCUT2D eigenvalue weighted by atomic mass is 10.4. The Morgan fingerprint density at radius 2 is 2.00 bits per heavy atom. The van der Waals surface area contributed by atoms with E-state index in [0.29, 0.717) is 6.42 Å². The summed E-state index contributed by atoms with van der Waals surface area (Å²) in [6.07, 6.45) is 2.28. The lowest BCUT2D eigenvalue weighted by Gasteiger charge is -1.94. The van der Waals surface area contributed by atoms with Crippen molar-refractivity contribution in [3.05, 3.63) is 41.8 Å². The zero-order valence-electron chi connectivity index (χ0n) is 7.22. The topological polar surface area (TPSA) is 37.3 Å². The third-order valence-electron chi connectivity index (χ3n) is 1.49. The molecule has 0 aliphatic carbocycles. The smallest absolute Gasteiger partial charge is 0.0772 e. The summed E-state index contributed by atoms with van der Waals surface area (Å²) in [7, 11) is -1.08. The van der Waals surface area contributed by atoms with Crippen LogP contribution in [-0.2, 0) is 10.8 Å². The molecule has 0 aromatic heterocycles. The van der Waals surface area contributed by atoms with Gasteiger partial charge in [-0.15, -0.1) is 0 Å². The van der Waals surface area contributed by atoms with Crippen molar-refractivity contribution < 1.29 is 9.32 Å². The second kappa shape index (κ2) is 5.67. The average Bonchev–Trinajstić information content (AvgIpc) is 2.19. The van der Waals surface area contributed by atoms with Gasteiger partial charge in [0.15, 0.2) is 0 Å². The molecule has 1 N–H and O–H groups in total. The molecule has 1 unspecified atom stereocenters. The van der Waals surface area contributed by atoms with Gasteiger partial charge in [-0.05, 0) is 18.6 Å². The first kappa shape index (κ1) is 10.2. The lowest BCUT2D eigenvalue weighted by Crippen LogP contribution is -1.85. The molecule has 0 heterocycles. The number of aliphatic hydroxyl groups excluding tert-OH is 1. The van der Waals surface area contributed by atoms with Crippen LogP contribution in [0.15, 0.2) is 46.7 Å². The summed E-state index contributed by atoms with van der Waals surface area (Å²) >= 11 is 0. The van der Waals surface area contributed by atoms with Crippen molar-refractivity contribution in [3.63, 3.8) is 0 Å². The second-order valence-electron chi connectivity index (χ2n) is 2.49. The molecular formula is C10H12O2S. The van der Waals surface area contributed by atoms with Crippen LogP contribution in [0.1, 0.15) is 6.42 Å². The number of aliphatic hydroxyl groups is 1. The fraction of sp³-hybridized carbons (Fsp3) is 0.200. The number of rotatable bonds is 4. The van der Waals surface area contributed by atoms with Crippen LogP contribution in [0.2, 0.25) is 0 Å². The maximum absolute atomic E-state index is 11.5. The normalized spacial score (nSPS) is 13.3. The van der Waals surface area contributed by atoms with Crippen LogP contribution >= 0.6 is 0 Å². The van der Waals surface area contributed by atoms with E-state index in [1.165, 1.54) is 0 Å². The second-order valence-corrected chi connectivity index (χ2v) is 3.83. The summed E-state index contributed by atoms with van der Waals surface area (Å²) in [5, 5.41) is 10.1. The van der Waals surface area contributed by atoms with Gasteiger partial charge < -0.3 is 5.11 Å². The minimum atomic E-state index is -1.08. The SMILES string of the molecule is O=S(/C=C/CCO)c1ccccc1. The predicted molar refractivity (Wildman–Crippen MR) is 53.7 cm³/mol. The molecule has 2 nitrogen and oxygen atoms in total. The van der Waals surface area contributed by atoms with Crippen molar-refractivity contribution in [2.75, 3.05) is 6.61 Å². The van der Waals surface area contributed by atoms with Crippen LogP contribution in [0, 0.1) is 0 Å². The summed E-state index contributed by atoms with van der Waals surface area (Å²) in [6.45, 7) is 0.0997. The van der Waals surface area contributed by atoms with Crippen molar-refractivity contribution in [2.24, 2.45) is 0 Å². The molecule has 3 heteroatoms. The van der Waals surface area contributed by atoms with Gasteiger partial charge in [0.2, 0.25) is 0 Å². The van der Waals surface area contributed by atoms with Gasteiger partial charge in [0.05, 0.1) is 10.8 Å². The van der Waals surface area contributed by atoms with Gasteiger partial charge in [-0.25, -0.2) is 4.21 Å². The highest BCUT2D eigenvalue weighted by Gasteiger charge is 1.95. The van der Waals surface area contributed by atoms with Crippen LogP contribution in [0.3, 0.4) is 0 Å². The van der Waals surface area contributed by atoms with E-state index in [2.05, 4.69) is 0 Å². The van der Waals surface area contributed by atoms with Gasteiger partial charge in [-0.1, -0.05) is 24.3 Å². The Hall–Kier alpha value is -0.930. The van der Waals surface area contributed by atoms with E-state index in [9.17, 15) is 4.21 Å². The maximum Gasteiger partial charge on any atom is 0.0772 e. The number of hydrogen-bond donors (Lipinski definition) is 1. The van der Waals surface area contributed by atoms with Gasteiger partial charge in [0.25, 0.3) is 0 Å². The molecule has 0 spiro atoms. The highest BCUT2D eigenvalue weighted by molar-refractivity contribution is 7.88. The lowest BCUT2D eigenvalue weighted by molar-refractivity contribution is 0.302. The van der Waals surface area contributed by atoms with Gasteiger partial charge in [-0.3, -0.25) is 0 Å². The van der Waals surface area contributed by atoms with Crippen LogP contribution in [-0.4, -0.2) is 15.9 Å². The first-order valence-corrected chi connectivity index (χ1v) is 5.29. The van der Waals surface area contributed by atoms with Crippen molar-refractivity contribution >= 4 is 10.8 Å². The van der Waals surface area contributed by atoms with Crippen molar-refractivity contribution in [1.29, 1.82) is 0 Å². The van der Waals surface area contributed by atoms with Crippen molar-refractivity contribution in [1.82, 2.24) is 0 Å². The molecule has 1 aromatic carbocycles. The number of benzene rings is 1. The van der Waals surface area contributed by atoms with E-state index in [1.807, 2.05) is 30.3 Å². The highest BCUT2D eigenvalue weighted by atomic mass is 32.2. The molecule has 1 aromatic rings. The van der Waals surface area contributed by atoms with E-state index < -0.39 is 10.8 Å². The number of hydrogen-bond acceptors (Lipinski definition) is 2. The van der Waals surface area contributed by atoms with E-state index in [1.54, 1.807) is 11.5 Å². The molecule has 0 saturated carbocycles. The van der Waals surface area contributed by atoms with Crippen molar-refractivity contribution in [3.8, 4) is 0 Å². The Labute approximate surface area is 80.4 Å². The summed E-state index contributed by atoms with van der Waals surface area (Å²) in [6, 6.07) is 9.23. The van der Waals surface area contributed by atoms with Crippen LogP contribution in [0.5, 0.6) is 0 Å². The van der Waals surface area contributed by atoms with E-state index in [-0.39, 0.29) is 6.61 Å². The molecule has 70 valence electrons. The van der Waals surface area contributed by atoms with Crippen LogP contribution in [0.4, 0.5) is 0 Å². The Bertz CT molecular complexity index is 293. The Morgan fingerprint density at radius 3 is 2.62 bits per heavy atom.